The van der Waals surface area contributed by atoms with E-state index in [-0.39, 0.29) is 10.9 Å². The van der Waals surface area contributed by atoms with Gasteiger partial charge in [-0.15, -0.1) is 0 Å². The Morgan fingerprint density at radius 2 is 1.81 bits per heavy atom. The molecule has 0 aromatic heterocycles. The third kappa shape index (κ3) is 11.9. The number of hydrogen-bond acceptors (Lipinski definition) is 5. The van der Waals surface area contributed by atoms with Crippen LogP contribution in [-0.4, -0.2) is 32.1 Å². The van der Waals surface area contributed by atoms with E-state index in [2.05, 4.69) is 22.8 Å². The lowest BCUT2D eigenvalue weighted by atomic mass is 10.1. The summed E-state index contributed by atoms with van der Waals surface area (Å²) < 4.78 is 23.8. The van der Waals surface area contributed by atoms with Crippen LogP contribution in [0.1, 0.15) is 23.2 Å². The SMILES string of the molecule is CS(=O)(=O)NCCCC(=O)c1ccccc1.NNC(N)=S. The molecule has 0 saturated heterocycles. The maximum atomic E-state index is 11.6. The van der Waals surface area contributed by atoms with Crippen LogP contribution in [0.3, 0.4) is 0 Å². The second kappa shape index (κ2) is 10.2. The van der Waals surface area contributed by atoms with Crippen molar-refractivity contribution in [3.05, 3.63) is 35.9 Å². The molecule has 21 heavy (non-hydrogen) atoms. The second-order valence-electron chi connectivity index (χ2n) is 4.07. The molecule has 0 unspecified atom stereocenters. The molecule has 0 radical (unpaired) electrons. The molecule has 0 aliphatic heterocycles. The van der Waals surface area contributed by atoms with Crippen molar-refractivity contribution < 1.29 is 13.2 Å². The highest BCUT2D eigenvalue weighted by Crippen LogP contribution is 2.04. The Morgan fingerprint density at radius 1 is 1.29 bits per heavy atom. The van der Waals surface area contributed by atoms with Gasteiger partial charge in [0, 0.05) is 18.5 Å². The zero-order chi connectivity index (χ0) is 16.3. The second-order valence-corrected chi connectivity index (χ2v) is 6.34. The van der Waals surface area contributed by atoms with Gasteiger partial charge in [-0.3, -0.25) is 4.79 Å². The van der Waals surface area contributed by atoms with Crippen LogP contribution in [-0.2, 0) is 10.0 Å². The van der Waals surface area contributed by atoms with E-state index in [1.54, 1.807) is 12.1 Å². The first kappa shape index (κ1) is 19.4. The molecule has 0 aliphatic rings. The molecule has 0 heterocycles. The van der Waals surface area contributed by atoms with Crippen molar-refractivity contribution >= 4 is 33.1 Å². The van der Waals surface area contributed by atoms with Gasteiger partial charge in [0.2, 0.25) is 10.0 Å². The Morgan fingerprint density at radius 3 is 2.24 bits per heavy atom. The van der Waals surface area contributed by atoms with Crippen LogP contribution in [0.15, 0.2) is 30.3 Å². The van der Waals surface area contributed by atoms with Crippen LogP contribution >= 0.6 is 12.2 Å². The summed E-state index contributed by atoms with van der Waals surface area (Å²) in [7, 11) is -3.15. The molecule has 9 heteroatoms. The normalized spacial score (nSPS) is 10.2. The fourth-order valence-corrected chi connectivity index (χ4v) is 1.79. The highest BCUT2D eigenvalue weighted by molar-refractivity contribution is 7.88. The van der Waals surface area contributed by atoms with E-state index in [0.29, 0.717) is 24.9 Å². The van der Waals surface area contributed by atoms with Gasteiger partial charge in [-0.1, -0.05) is 30.3 Å². The number of sulfonamides is 1. The Balaban J connectivity index is 0.000000690. The summed E-state index contributed by atoms with van der Waals surface area (Å²) in [6, 6.07) is 8.98. The summed E-state index contributed by atoms with van der Waals surface area (Å²) in [5, 5.41) is 0.116. The van der Waals surface area contributed by atoms with Gasteiger partial charge in [0.1, 0.15) is 0 Å². The predicted molar refractivity (Wildman–Crippen MR) is 87.0 cm³/mol. The monoisotopic (exact) mass is 332 g/mol. The van der Waals surface area contributed by atoms with Gasteiger partial charge in [-0.05, 0) is 18.6 Å². The van der Waals surface area contributed by atoms with E-state index in [4.69, 9.17) is 5.73 Å². The third-order valence-electron chi connectivity index (χ3n) is 2.18. The lowest BCUT2D eigenvalue weighted by Crippen LogP contribution is -2.34. The van der Waals surface area contributed by atoms with Crippen LogP contribution in [0.25, 0.3) is 0 Å². The molecule has 1 aromatic carbocycles. The van der Waals surface area contributed by atoms with Crippen molar-refractivity contribution in [3.63, 3.8) is 0 Å². The number of carbonyl (C=O) groups excluding carboxylic acids is 1. The van der Waals surface area contributed by atoms with Crippen LogP contribution < -0.4 is 21.7 Å². The number of benzene rings is 1. The fraction of sp³-hybridized carbons (Fsp3) is 0.333. The molecule has 0 spiro atoms. The van der Waals surface area contributed by atoms with Gasteiger partial charge in [0.15, 0.2) is 10.9 Å². The van der Waals surface area contributed by atoms with Gasteiger partial charge >= 0.3 is 0 Å². The van der Waals surface area contributed by atoms with Crippen LogP contribution in [0, 0.1) is 0 Å². The Kier molecular flexibility index (Phi) is 9.46. The molecule has 7 nitrogen and oxygen atoms in total. The van der Waals surface area contributed by atoms with Crippen LogP contribution in [0.4, 0.5) is 0 Å². The summed E-state index contributed by atoms with van der Waals surface area (Å²) in [6.07, 6.45) is 1.97. The van der Waals surface area contributed by atoms with Crippen LogP contribution in [0.5, 0.6) is 0 Å². The lowest BCUT2D eigenvalue weighted by Gasteiger charge is -2.02. The van der Waals surface area contributed by atoms with Crippen molar-refractivity contribution in [1.82, 2.24) is 10.1 Å². The quantitative estimate of drug-likeness (QED) is 0.188. The fourth-order valence-electron chi connectivity index (χ4n) is 1.27. The topological polar surface area (TPSA) is 127 Å². The van der Waals surface area contributed by atoms with Gasteiger partial charge in [0.25, 0.3) is 0 Å². The molecular formula is C12H20N4O3S2. The van der Waals surface area contributed by atoms with E-state index >= 15 is 0 Å². The number of hydrogen-bond donors (Lipinski definition) is 4. The van der Waals surface area contributed by atoms with Gasteiger partial charge in [-0.25, -0.2) is 19.0 Å². The molecule has 1 aromatic rings. The minimum absolute atomic E-state index is 0.0379. The first-order valence-corrected chi connectivity index (χ1v) is 8.35. The zero-order valence-corrected chi connectivity index (χ0v) is 13.3. The molecule has 0 aliphatic carbocycles. The van der Waals surface area contributed by atoms with Gasteiger partial charge in [0.05, 0.1) is 6.26 Å². The lowest BCUT2D eigenvalue weighted by molar-refractivity contribution is 0.0980. The molecule has 0 saturated carbocycles. The number of thiocarbonyl (C=S) groups is 1. The smallest absolute Gasteiger partial charge is 0.208 e. The Hall–Kier alpha value is -1.55. The Bertz CT molecular complexity index is 547. The highest BCUT2D eigenvalue weighted by atomic mass is 32.2. The van der Waals surface area contributed by atoms with Crippen molar-refractivity contribution in [2.24, 2.45) is 11.6 Å². The van der Waals surface area contributed by atoms with Crippen molar-refractivity contribution in [2.75, 3.05) is 12.8 Å². The Labute approximate surface area is 130 Å². The minimum Gasteiger partial charge on any atom is -0.375 e. The number of carbonyl (C=O) groups is 1. The van der Waals surface area contributed by atoms with Crippen molar-refractivity contribution in [2.45, 2.75) is 12.8 Å². The van der Waals surface area contributed by atoms with Crippen LogP contribution in [0.2, 0.25) is 0 Å². The average Bonchev–Trinajstić information content (AvgIpc) is 2.44. The van der Waals surface area contributed by atoms with E-state index in [0.717, 1.165) is 6.26 Å². The summed E-state index contributed by atoms with van der Waals surface area (Å²) >= 11 is 4.24. The zero-order valence-electron chi connectivity index (χ0n) is 11.7. The molecule has 0 bridgehead atoms. The number of Topliss-reactive ketones (excluding diaryl/α,β-unsaturated/α-hetero) is 1. The summed E-state index contributed by atoms with van der Waals surface area (Å²) in [6.45, 7) is 0.303. The standard InChI is InChI=1S/C11H15NO3S.CH5N3S/c1-16(14,15)12-9-5-8-11(13)10-6-3-2-4-7-10;2-1(5)4-3/h2-4,6-7,12H,5,8-9H2,1H3;3H2,(H3,2,4,5). The molecule has 0 atom stereocenters. The number of ketones is 1. The third-order valence-corrected chi connectivity index (χ3v) is 3.03. The predicted octanol–water partition coefficient (Wildman–Crippen LogP) is -0.108. The molecule has 0 fully saturated rings. The van der Waals surface area contributed by atoms with E-state index in [1.807, 2.05) is 23.6 Å². The summed E-state index contributed by atoms with van der Waals surface area (Å²) in [5.74, 6) is 4.69. The molecular weight excluding hydrogens is 312 g/mol. The molecule has 1 rings (SSSR count). The first-order valence-electron chi connectivity index (χ1n) is 6.05. The first-order chi connectivity index (χ1) is 9.76. The maximum absolute atomic E-state index is 11.6. The summed E-state index contributed by atoms with van der Waals surface area (Å²) in [4.78, 5) is 11.6. The van der Waals surface area contributed by atoms with E-state index < -0.39 is 10.0 Å². The largest absolute Gasteiger partial charge is 0.375 e. The number of nitrogens with two attached hydrogens (primary N) is 2. The highest BCUT2D eigenvalue weighted by Gasteiger charge is 2.05. The average molecular weight is 332 g/mol. The molecule has 6 N–H and O–H groups in total. The number of rotatable bonds is 6. The minimum atomic E-state index is -3.15. The van der Waals surface area contributed by atoms with Gasteiger partial charge in [-0.2, -0.15) is 0 Å². The van der Waals surface area contributed by atoms with E-state index in [1.165, 1.54) is 0 Å². The summed E-state index contributed by atoms with van der Waals surface area (Å²) in [5.41, 5.74) is 7.49. The number of hydrazine groups is 1. The molecule has 118 valence electrons. The van der Waals surface area contributed by atoms with E-state index in [9.17, 15) is 13.2 Å². The number of nitrogens with one attached hydrogen (secondary N) is 2. The maximum Gasteiger partial charge on any atom is 0.208 e. The van der Waals surface area contributed by atoms with Crippen molar-refractivity contribution in [1.29, 1.82) is 0 Å². The van der Waals surface area contributed by atoms with Gasteiger partial charge < -0.3 is 11.2 Å². The van der Waals surface area contributed by atoms with Crippen molar-refractivity contribution in [3.8, 4) is 0 Å². The molecule has 0 amide bonds.